The Bertz CT molecular complexity index is 813. The molecule has 1 aliphatic carbocycles. The van der Waals surface area contributed by atoms with Gasteiger partial charge in [0, 0.05) is 6.54 Å². The summed E-state index contributed by atoms with van der Waals surface area (Å²) in [6.07, 6.45) is 4.67. The van der Waals surface area contributed by atoms with E-state index >= 15 is 0 Å². The number of rotatable bonds is 9. The molecule has 2 aliphatic rings. The number of benzene rings is 1. The molecule has 0 radical (unpaired) electrons. The highest BCUT2D eigenvalue weighted by Gasteiger charge is 2.51. The molecular weight excluding hydrogens is 429 g/mol. The Morgan fingerprint density at radius 3 is 2.35 bits per heavy atom. The fourth-order valence-electron chi connectivity index (χ4n) is 4.56. The molecule has 0 amide bonds. The van der Waals surface area contributed by atoms with Gasteiger partial charge in [0.25, 0.3) is 0 Å². The van der Waals surface area contributed by atoms with Crippen molar-refractivity contribution in [2.75, 3.05) is 6.54 Å². The van der Waals surface area contributed by atoms with Gasteiger partial charge in [-0.3, -0.25) is 4.79 Å². The van der Waals surface area contributed by atoms with Crippen LogP contribution < -0.4 is 10.8 Å². The zero-order valence-corrected chi connectivity index (χ0v) is 22.4. The van der Waals surface area contributed by atoms with Crippen LogP contribution in [0.2, 0.25) is 0 Å². The van der Waals surface area contributed by atoms with E-state index in [0.29, 0.717) is 6.54 Å². The van der Waals surface area contributed by atoms with Gasteiger partial charge in [0.05, 0.1) is 22.9 Å². The average Bonchev–Trinajstić information content (AvgIpc) is 3.29. The lowest BCUT2D eigenvalue weighted by molar-refractivity contribution is -0.158. The molecule has 1 unspecified atom stereocenters. The second kappa shape index (κ2) is 10.7. The van der Waals surface area contributed by atoms with Crippen molar-refractivity contribution in [1.82, 2.24) is 5.32 Å². The Balaban J connectivity index is 1.62. The maximum Gasteiger partial charge on any atom is 0.494 e. The van der Waals surface area contributed by atoms with Gasteiger partial charge in [0.2, 0.25) is 0 Å². The molecule has 1 saturated carbocycles. The molecule has 1 aromatic rings. The number of hydrogen-bond acceptors (Lipinski definition) is 6. The highest BCUT2D eigenvalue weighted by atomic mass is 16.7. The second-order valence-electron chi connectivity index (χ2n) is 11.8. The average molecular weight is 473 g/mol. The third-order valence-electron chi connectivity index (χ3n) is 7.10. The molecular formula is C27H44BNO5. The van der Waals surface area contributed by atoms with Crippen molar-refractivity contribution in [3.8, 4) is 0 Å². The molecule has 0 bridgehead atoms. The van der Waals surface area contributed by atoms with Crippen molar-refractivity contribution < 1.29 is 23.6 Å². The van der Waals surface area contributed by atoms with Gasteiger partial charge in [-0.1, -0.05) is 24.3 Å². The Hall–Kier alpha value is -1.41. The van der Waals surface area contributed by atoms with Crippen LogP contribution in [0, 0.1) is 0 Å². The third-order valence-corrected chi connectivity index (χ3v) is 7.10. The molecule has 0 spiro atoms. The first kappa shape index (κ1) is 27.2. The normalized spacial score (nSPS) is 22.1. The lowest BCUT2D eigenvalue weighted by Crippen LogP contribution is -2.50. The highest BCUT2D eigenvalue weighted by molar-refractivity contribution is 6.62. The lowest BCUT2D eigenvalue weighted by Gasteiger charge is -2.32. The molecule has 1 saturated heterocycles. The molecule has 1 heterocycles. The summed E-state index contributed by atoms with van der Waals surface area (Å²) in [6, 6.07) is 7.79. The van der Waals surface area contributed by atoms with Crippen molar-refractivity contribution in [3.05, 3.63) is 29.8 Å². The molecule has 1 aromatic carbocycles. The summed E-state index contributed by atoms with van der Waals surface area (Å²) in [5, 5.41) is 3.42. The molecule has 0 aromatic heterocycles. The van der Waals surface area contributed by atoms with Gasteiger partial charge in [0.1, 0.15) is 12.1 Å². The van der Waals surface area contributed by atoms with Crippen molar-refractivity contribution in [1.29, 1.82) is 0 Å². The molecule has 2 fully saturated rings. The molecule has 1 N–H and O–H groups in total. The number of carbonyl (C=O) groups is 1. The largest absolute Gasteiger partial charge is 0.494 e. The van der Waals surface area contributed by atoms with Crippen LogP contribution in [-0.2, 0) is 30.0 Å². The van der Waals surface area contributed by atoms with Crippen molar-refractivity contribution in [3.63, 3.8) is 0 Å². The van der Waals surface area contributed by atoms with Crippen molar-refractivity contribution in [2.45, 2.75) is 123 Å². The van der Waals surface area contributed by atoms with Crippen LogP contribution in [0.1, 0.15) is 86.6 Å². The van der Waals surface area contributed by atoms with Crippen LogP contribution >= 0.6 is 0 Å². The van der Waals surface area contributed by atoms with E-state index in [-0.39, 0.29) is 42.1 Å². The van der Waals surface area contributed by atoms with Gasteiger partial charge in [-0.2, -0.15) is 0 Å². The molecule has 190 valence electrons. The molecule has 3 rings (SSSR count). The first-order valence-electron chi connectivity index (χ1n) is 12.8. The number of nitrogens with one attached hydrogen (secondary N) is 1. The summed E-state index contributed by atoms with van der Waals surface area (Å²) < 4.78 is 24.3. The van der Waals surface area contributed by atoms with Crippen LogP contribution in [0.3, 0.4) is 0 Å². The van der Waals surface area contributed by atoms with Gasteiger partial charge in [-0.05, 0) is 98.5 Å². The SMILES string of the molecule is CC(OC(C)(C)C)[C@H](NCCc1cccc(B2OC(C)(C)C(C)(C)O2)c1)C(=O)OC1CCCC1. The monoisotopic (exact) mass is 473 g/mol. The smallest absolute Gasteiger partial charge is 0.461 e. The van der Waals surface area contributed by atoms with Gasteiger partial charge >= 0.3 is 13.1 Å². The zero-order chi connectivity index (χ0) is 25.1. The standard InChI is InChI=1S/C27H44BNO5/c1-19(32-25(2,3)4)23(24(30)31-22-14-9-10-15-22)29-17-16-20-12-11-13-21(18-20)28-33-26(5,6)27(7,8)34-28/h11-13,18-19,22-23,29H,9-10,14-17H2,1-8H3/t19?,23-/m0/s1. The Labute approximate surface area is 206 Å². The van der Waals surface area contributed by atoms with Crippen LogP contribution in [0.25, 0.3) is 0 Å². The van der Waals surface area contributed by atoms with Crippen molar-refractivity contribution >= 4 is 18.6 Å². The van der Waals surface area contributed by atoms with E-state index in [1.54, 1.807) is 0 Å². The summed E-state index contributed by atoms with van der Waals surface area (Å²) in [6.45, 7) is 16.8. The minimum atomic E-state index is -0.508. The van der Waals surface area contributed by atoms with E-state index < -0.39 is 6.04 Å². The van der Waals surface area contributed by atoms with E-state index in [2.05, 4.69) is 45.1 Å². The van der Waals surface area contributed by atoms with Gasteiger partial charge in [0.15, 0.2) is 0 Å². The molecule has 2 atom stereocenters. The predicted molar refractivity (Wildman–Crippen MR) is 136 cm³/mol. The second-order valence-corrected chi connectivity index (χ2v) is 11.8. The number of hydrogen-bond donors (Lipinski definition) is 1. The van der Waals surface area contributed by atoms with E-state index in [1.807, 2.05) is 39.8 Å². The molecule has 1 aliphatic heterocycles. The summed E-state index contributed by atoms with van der Waals surface area (Å²) in [7, 11) is -0.382. The maximum absolute atomic E-state index is 13.0. The zero-order valence-electron chi connectivity index (χ0n) is 22.4. The first-order valence-corrected chi connectivity index (χ1v) is 12.8. The van der Waals surface area contributed by atoms with Crippen molar-refractivity contribution in [2.24, 2.45) is 0 Å². The third kappa shape index (κ3) is 7.06. The quantitative estimate of drug-likeness (QED) is 0.429. The van der Waals surface area contributed by atoms with Crippen LogP contribution in [0.4, 0.5) is 0 Å². The summed E-state index contributed by atoms with van der Waals surface area (Å²) in [4.78, 5) is 13.0. The Morgan fingerprint density at radius 2 is 1.76 bits per heavy atom. The van der Waals surface area contributed by atoms with E-state index in [1.165, 1.54) is 0 Å². The topological polar surface area (TPSA) is 66.0 Å². The van der Waals surface area contributed by atoms with E-state index in [9.17, 15) is 4.79 Å². The summed E-state index contributed by atoms with van der Waals surface area (Å²) in [5.74, 6) is -0.213. The lowest BCUT2D eigenvalue weighted by atomic mass is 9.78. The predicted octanol–water partition coefficient (Wildman–Crippen LogP) is 4.18. The molecule has 34 heavy (non-hydrogen) atoms. The summed E-state index contributed by atoms with van der Waals surface area (Å²) >= 11 is 0. The number of carbonyl (C=O) groups excluding carboxylic acids is 1. The van der Waals surface area contributed by atoms with E-state index in [0.717, 1.165) is 43.1 Å². The number of esters is 1. The van der Waals surface area contributed by atoms with Gasteiger partial charge < -0.3 is 24.1 Å². The molecule has 6 nitrogen and oxygen atoms in total. The minimum Gasteiger partial charge on any atom is -0.461 e. The number of ether oxygens (including phenoxy) is 2. The summed E-state index contributed by atoms with van der Waals surface area (Å²) in [5.41, 5.74) is 1.09. The van der Waals surface area contributed by atoms with Crippen LogP contribution in [0.5, 0.6) is 0 Å². The maximum atomic E-state index is 13.0. The van der Waals surface area contributed by atoms with E-state index in [4.69, 9.17) is 18.8 Å². The highest BCUT2D eigenvalue weighted by Crippen LogP contribution is 2.36. The van der Waals surface area contributed by atoms with Gasteiger partial charge in [-0.25, -0.2) is 0 Å². The van der Waals surface area contributed by atoms with Gasteiger partial charge in [-0.15, -0.1) is 0 Å². The van der Waals surface area contributed by atoms with Crippen LogP contribution in [-0.4, -0.2) is 54.7 Å². The fraction of sp³-hybridized carbons (Fsp3) is 0.741. The fourth-order valence-corrected chi connectivity index (χ4v) is 4.56. The Kier molecular flexibility index (Phi) is 8.55. The Morgan fingerprint density at radius 1 is 1.15 bits per heavy atom. The van der Waals surface area contributed by atoms with Crippen LogP contribution in [0.15, 0.2) is 24.3 Å². The molecule has 7 heteroatoms. The first-order chi connectivity index (χ1) is 15.8. The minimum absolute atomic E-state index is 0.0373.